The molecule has 14 heavy (non-hydrogen) atoms. The molecule has 0 saturated carbocycles. The first kappa shape index (κ1) is 9.29. The lowest BCUT2D eigenvalue weighted by Gasteiger charge is -2.04. The highest BCUT2D eigenvalue weighted by atomic mass is 32.1. The van der Waals surface area contributed by atoms with Gasteiger partial charge in [0, 0.05) is 11.8 Å². The molecule has 2 heterocycles. The largest absolute Gasteiger partial charge is 0.322 e. The van der Waals surface area contributed by atoms with Crippen molar-refractivity contribution in [3.8, 4) is 0 Å². The van der Waals surface area contributed by atoms with Crippen LogP contribution in [0.2, 0.25) is 0 Å². The first-order chi connectivity index (χ1) is 6.75. The van der Waals surface area contributed by atoms with Crippen molar-refractivity contribution in [2.45, 2.75) is 19.4 Å². The van der Waals surface area contributed by atoms with Crippen LogP contribution in [0.3, 0.4) is 0 Å². The number of nitrogens with two attached hydrogens (primary N) is 1. The van der Waals surface area contributed by atoms with Gasteiger partial charge < -0.3 is 5.73 Å². The molecule has 2 aromatic heterocycles. The topological polar surface area (TPSA) is 80.5 Å². The maximum Gasteiger partial charge on any atom is 0.0995 e. The van der Waals surface area contributed by atoms with Gasteiger partial charge in [0.05, 0.1) is 28.6 Å². The van der Waals surface area contributed by atoms with Gasteiger partial charge in [-0.3, -0.25) is 0 Å². The maximum absolute atomic E-state index is 5.92. The summed E-state index contributed by atoms with van der Waals surface area (Å²) in [6.07, 6.45) is 2.35. The highest BCUT2D eigenvalue weighted by molar-refractivity contribution is 7.09. The van der Waals surface area contributed by atoms with Crippen molar-refractivity contribution in [2.24, 2.45) is 5.73 Å². The second kappa shape index (κ2) is 3.85. The first-order valence-corrected chi connectivity index (χ1v) is 5.16. The zero-order valence-electron chi connectivity index (χ0n) is 7.77. The van der Waals surface area contributed by atoms with Crippen LogP contribution in [-0.4, -0.2) is 20.4 Å². The predicted octanol–water partition coefficient (Wildman–Crippen LogP) is 0.812. The molecule has 6 heteroatoms. The van der Waals surface area contributed by atoms with Crippen LogP contribution in [0.5, 0.6) is 0 Å². The number of thiazole rings is 1. The van der Waals surface area contributed by atoms with Gasteiger partial charge in [0.15, 0.2) is 0 Å². The van der Waals surface area contributed by atoms with Gasteiger partial charge in [-0.2, -0.15) is 15.4 Å². The summed E-state index contributed by atoms with van der Waals surface area (Å²) in [5.41, 5.74) is 7.71. The Kier molecular flexibility index (Phi) is 2.55. The van der Waals surface area contributed by atoms with E-state index < -0.39 is 0 Å². The number of rotatable bonds is 3. The van der Waals surface area contributed by atoms with Gasteiger partial charge in [-0.25, -0.2) is 4.98 Å². The zero-order chi connectivity index (χ0) is 9.97. The Balaban J connectivity index is 2.05. The van der Waals surface area contributed by atoms with Crippen molar-refractivity contribution < 1.29 is 0 Å². The SMILES string of the molecule is Cc1nc(CC(N)c2cn[nH]n2)cs1. The maximum atomic E-state index is 5.92. The number of aryl methyl sites for hydroxylation is 1. The third kappa shape index (κ3) is 1.97. The van der Waals surface area contributed by atoms with E-state index in [1.807, 2.05) is 12.3 Å². The number of nitrogens with zero attached hydrogens (tertiary/aromatic N) is 3. The Morgan fingerprint density at radius 2 is 2.50 bits per heavy atom. The molecule has 0 aliphatic heterocycles. The monoisotopic (exact) mass is 209 g/mol. The van der Waals surface area contributed by atoms with E-state index >= 15 is 0 Å². The molecule has 0 bridgehead atoms. The fourth-order valence-electron chi connectivity index (χ4n) is 1.22. The summed E-state index contributed by atoms with van der Waals surface area (Å²) < 4.78 is 0. The van der Waals surface area contributed by atoms with E-state index in [4.69, 9.17) is 5.73 Å². The molecule has 1 atom stereocenters. The first-order valence-electron chi connectivity index (χ1n) is 4.28. The normalized spacial score (nSPS) is 13.0. The molecular formula is C8H11N5S. The molecular weight excluding hydrogens is 198 g/mol. The summed E-state index contributed by atoms with van der Waals surface area (Å²) >= 11 is 1.63. The van der Waals surface area contributed by atoms with Crippen LogP contribution in [0.15, 0.2) is 11.6 Å². The summed E-state index contributed by atoms with van der Waals surface area (Å²) in [6.45, 7) is 1.98. The summed E-state index contributed by atoms with van der Waals surface area (Å²) in [4.78, 5) is 4.34. The highest BCUT2D eigenvalue weighted by Gasteiger charge is 2.11. The molecule has 3 N–H and O–H groups in total. The van der Waals surface area contributed by atoms with Gasteiger partial charge in [-0.15, -0.1) is 11.3 Å². The molecule has 0 radical (unpaired) electrons. The van der Waals surface area contributed by atoms with Crippen molar-refractivity contribution in [3.05, 3.63) is 28.0 Å². The number of H-pyrrole nitrogens is 1. The van der Waals surface area contributed by atoms with E-state index in [-0.39, 0.29) is 6.04 Å². The summed E-state index contributed by atoms with van der Waals surface area (Å²) in [7, 11) is 0. The third-order valence-corrected chi connectivity index (χ3v) is 2.73. The van der Waals surface area contributed by atoms with Crippen LogP contribution in [-0.2, 0) is 6.42 Å². The Morgan fingerprint density at radius 1 is 1.64 bits per heavy atom. The number of nitrogens with one attached hydrogen (secondary N) is 1. The molecule has 0 fully saturated rings. The van der Waals surface area contributed by atoms with Crippen molar-refractivity contribution in [2.75, 3.05) is 0 Å². The van der Waals surface area contributed by atoms with Gasteiger partial charge in [0.2, 0.25) is 0 Å². The Bertz CT molecular complexity index is 394. The number of aromatic amines is 1. The fraction of sp³-hybridized carbons (Fsp3) is 0.375. The molecule has 1 unspecified atom stereocenters. The van der Waals surface area contributed by atoms with Crippen LogP contribution in [0, 0.1) is 6.92 Å². The van der Waals surface area contributed by atoms with Gasteiger partial charge >= 0.3 is 0 Å². The third-order valence-electron chi connectivity index (χ3n) is 1.91. The molecule has 2 aromatic rings. The second-order valence-corrected chi connectivity index (χ2v) is 4.13. The fourth-order valence-corrected chi connectivity index (χ4v) is 1.85. The minimum absolute atomic E-state index is 0.129. The number of hydrogen-bond donors (Lipinski definition) is 2. The average molecular weight is 209 g/mol. The molecule has 0 amide bonds. The van der Waals surface area contributed by atoms with Crippen LogP contribution >= 0.6 is 11.3 Å². The predicted molar refractivity (Wildman–Crippen MR) is 53.9 cm³/mol. The molecule has 2 rings (SSSR count). The van der Waals surface area contributed by atoms with E-state index in [9.17, 15) is 0 Å². The summed E-state index contributed by atoms with van der Waals surface area (Å²) in [5.74, 6) is 0. The lowest BCUT2D eigenvalue weighted by molar-refractivity contribution is 0.681. The number of hydrogen-bond acceptors (Lipinski definition) is 5. The van der Waals surface area contributed by atoms with E-state index in [1.165, 1.54) is 0 Å². The van der Waals surface area contributed by atoms with Crippen molar-refractivity contribution in [1.29, 1.82) is 0 Å². The molecule has 5 nitrogen and oxygen atoms in total. The Labute approximate surface area is 85.4 Å². The highest BCUT2D eigenvalue weighted by Crippen LogP contribution is 2.15. The second-order valence-electron chi connectivity index (χ2n) is 3.06. The van der Waals surface area contributed by atoms with Crippen molar-refractivity contribution in [3.63, 3.8) is 0 Å². The summed E-state index contributed by atoms with van der Waals surface area (Å²) in [6, 6.07) is -0.129. The van der Waals surface area contributed by atoms with E-state index in [2.05, 4.69) is 20.4 Å². The Morgan fingerprint density at radius 3 is 3.07 bits per heavy atom. The minimum atomic E-state index is -0.129. The lowest BCUT2D eigenvalue weighted by Crippen LogP contribution is -2.14. The van der Waals surface area contributed by atoms with Gasteiger partial charge in [-0.1, -0.05) is 0 Å². The van der Waals surface area contributed by atoms with Gasteiger partial charge in [0.25, 0.3) is 0 Å². The smallest absolute Gasteiger partial charge is 0.0995 e. The molecule has 0 aliphatic rings. The molecule has 74 valence electrons. The van der Waals surface area contributed by atoms with E-state index in [0.29, 0.717) is 6.42 Å². The van der Waals surface area contributed by atoms with Crippen LogP contribution in [0.1, 0.15) is 22.4 Å². The van der Waals surface area contributed by atoms with E-state index in [1.54, 1.807) is 17.5 Å². The van der Waals surface area contributed by atoms with Gasteiger partial charge in [-0.05, 0) is 6.92 Å². The average Bonchev–Trinajstić information content (AvgIpc) is 2.75. The number of aromatic nitrogens is 4. The van der Waals surface area contributed by atoms with Crippen LogP contribution in [0.4, 0.5) is 0 Å². The minimum Gasteiger partial charge on any atom is -0.322 e. The molecule has 0 spiro atoms. The van der Waals surface area contributed by atoms with Crippen molar-refractivity contribution >= 4 is 11.3 Å². The van der Waals surface area contributed by atoms with Crippen molar-refractivity contribution in [1.82, 2.24) is 20.4 Å². The molecule has 0 aliphatic carbocycles. The molecule has 0 aromatic carbocycles. The Hall–Kier alpha value is -1.27. The quantitative estimate of drug-likeness (QED) is 0.784. The standard InChI is InChI=1S/C8H11N5S/c1-5-11-6(4-14-5)2-7(9)8-3-10-13-12-8/h3-4,7H,2,9H2,1H3,(H,10,12,13). The zero-order valence-corrected chi connectivity index (χ0v) is 8.58. The molecule has 0 saturated heterocycles. The summed E-state index contributed by atoms with van der Waals surface area (Å²) in [5, 5.41) is 13.3. The lowest BCUT2D eigenvalue weighted by atomic mass is 10.1. The van der Waals surface area contributed by atoms with Crippen LogP contribution in [0.25, 0.3) is 0 Å². The van der Waals surface area contributed by atoms with Crippen LogP contribution < -0.4 is 5.73 Å². The van der Waals surface area contributed by atoms with Gasteiger partial charge in [0.1, 0.15) is 0 Å². The van der Waals surface area contributed by atoms with E-state index in [0.717, 1.165) is 16.4 Å².